The van der Waals surface area contributed by atoms with E-state index in [1.807, 2.05) is 6.92 Å². The van der Waals surface area contributed by atoms with Gasteiger partial charge in [-0.25, -0.2) is 4.79 Å². The number of unbranched alkanes of at least 4 members (excludes halogenated alkanes) is 1. The second-order valence-electron chi connectivity index (χ2n) is 5.76. The van der Waals surface area contributed by atoms with Crippen LogP contribution in [0.1, 0.15) is 58.8 Å². The van der Waals surface area contributed by atoms with Crippen LogP contribution >= 0.6 is 0 Å². The van der Waals surface area contributed by atoms with Crippen molar-refractivity contribution in [2.45, 2.75) is 70.9 Å². The van der Waals surface area contributed by atoms with Crippen LogP contribution in [0.2, 0.25) is 0 Å². The molecule has 0 aromatic rings. The van der Waals surface area contributed by atoms with Crippen molar-refractivity contribution in [2.75, 3.05) is 0 Å². The molecule has 0 saturated heterocycles. The van der Waals surface area contributed by atoms with Gasteiger partial charge in [0, 0.05) is 6.92 Å². The molecule has 2 unspecified atom stereocenters. The molecule has 0 aromatic carbocycles. The van der Waals surface area contributed by atoms with E-state index < -0.39 is 18.1 Å². The molecule has 6 nitrogen and oxygen atoms in total. The molecule has 1 aliphatic rings. The first-order valence-corrected chi connectivity index (χ1v) is 7.76. The summed E-state index contributed by atoms with van der Waals surface area (Å²) in [4.78, 5) is 34.9. The fourth-order valence-electron chi connectivity index (χ4n) is 2.83. The van der Waals surface area contributed by atoms with Gasteiger partial charge in [-0.05, 0) is 25.2 Å². The van der Waals surface area contributed by atoms with Gasteiger partial charge in [-0.2, -0.15) is 0 Å². The summed E-state index contributed by atoms with van der Waals surface area (Å²) in [6, 6.07) is -1.50. The van der Waals surface area contributed by atoms with Gasteiger partial charge in [-0.15, -0.1) is 0 Å². The van der Waals surface area contributed by atoms with Crippen LogP contribution in [0.25, 0.3) is 0 Å². The lowest BCUT2D eigenvalue weighted by molar-refractivity contribution is -0.142. The Bertz CT molecular complexity index is 378. The predicted octanol–water partition coefficient (Wildman–Crippen LogP) is 1.44. The van der Waals surface area contributed by atoms with E-state index in [-0.39, 0.29) is 17.7 Å². The normalized spacial score (nSPS) is 18.0. The van der Waals surface area contributed by atoms with E-state index in [9.17, 15) is 19.5 Å². The van der Waals surface area contributed by atoms with Gasteiger partial charge in [-0.3, -0.25) is 9.59 Å². The fraction of sp³-hybridized carbons (Fsp3) is 0.800. The zero-order chi connectivity index (χ0) is 15.8. The van der Waals surface area contributed by atoms with Crippen LogP contribution in [0.15, 0.2) is 0 Å². The molecule has 2 atom stereocenters. The number of rotatable bonds is 8. The van der Waals surface area contributed by atoms with Crippen molar-refractivity contribution in [2.24, 2.45) is 5.92 Å². The van der Waals surface area contributed by atoms with E-state index in [1.165, 1.54) is 6.92 Å². The van der Waals surface area contributed by atoms with E-state index in [1.54, 1.807) is 0 Å². The Morgan fingerprint density at radius 2 is 1.81 bits per heavy atom. The van der Waals surface area contributed by atoms with Crippen LogP contribution < -0.4 is 10.6 Å². The number of nitrogens with one attached hydrogen (secondary N) is 2. The summed E-state index contributed by atoms with van der Waals surface area (Å²) < 4.78 is 0. The van der Waals surface area contributed by atoms with Gasteiger partial charge < -0.3 is 15.7 Å². The van der Waals surface area contributed by atoms with Crippen molar-refractivity contribution in [3.8, 4) is 0 Å². The summed E-state index contributed by atoms with van der Waals surface area (Å²) >= 11 is 0. The fourth-order valence-corrected chi connectivity index (χ4v) is 2.83. The molecule has 3 N–H and O–H groups in total. The number of carboxylic acids is 1. The van der Waals surface area contributed by atoms with Gasteiger partial charge >= 0.3 is 5.97 Å². The Morgan fingerprint density at radius 1 is 1.19 bits per heavy atom. The highest BCUT2D eigenvalue weighted by Gasteiger charge is 2.33. The third kappa shape index (κ3) is 5.73. The number of hydrogen-bond donors (Lipinski definition) is 3. The smallest absolute Gasteiger partial charge is 0.326 e. The van der Waals surface area contributed by atoms with Crippen molar-refractivity contribution in [1.29, 1.82) is 0 Å². The maximum absolute atomic E-state index is 12.4. The van der Waals surface area contributed by atoms with Crippen LogP contribution in [0, 0.1) is 5.92 Å². The quantitative estimate of drug-likeness (QED) is 0.632. The molecular weight excluding hydrogens is 272 g/mol. The second kappa shape index (κ2) is 8.64. The molecule has 0 aliphatic heterocycles. The Balaban J connectivity index is 2.68. The SMILES string of the molecule is CCCCC(NC(=O)C(NC(C)=O)C1CCCC1)C(=O)O. The summed E-state index contributed by atoms with van der Waals surface area (Å²) in [5.41, 5.74) is 0. The number of hydrogen-bond acceptors (Lipinski definition) is 3. The molecule has 0 bridgehead atoms. The van der Waals surface area contributed by atoms with Gasteiger partial charge in [0.05, 0.1) is 0 Å². The molecule has 0 radical (unpaired) electrons. The van der Waals surface area contributed by atoms with Gasteiger partial charge in [0.1, 0.15) is 12.1 Å². The number of carbonyl (C=O) groups excluding carboxylic acids is 2. The van der Waals surface area contributed by atoms with Gasteiger partial charge in [0.25, 0.3) is 0 Å². The average molecular weight is 298 g/mol. The minimum atomic E-state index is -1.02. The number of carbonyl (C=O) groups is 3. The predicted molar refractivity (Wildman–Crippen MR) is 78.7 cm³/mol. The number of aliphatic carboxylic acids is 1. The van der Waals surface area contributed by atoms with E-state index in [2.05, 4.69) is 10.6 Å². The number of carboxylic acid groups (broad SMARTS) is 1. The lowest BCUT2D eigenvalue weighted by Crippen LogP contribution is -2.53. The average Bonchev–Trinajstić information content (AvgIpc) is 2.93. The Kier molecular flexibility index (Phi) is 7.19. The molecule has 21 heavy (non-hydrogen) atoms. The summed E-state index contributed by atoms with van der Waals surface area (Å²) in [6.45, 7) is 3.35. The maximum Gasteiger partial charge on any atom is 0.326 e. The molecule has 0 aromatic heterocycles. The molecule has 1 saturated carbocycles. The summed E-state index contributed by atoms with van der Waals surface area (Å²) in [5, 5.41) is 14.4. The molecule has 1 rings (SSSR count). The second-order valence-corrected chi connectivity index (χ2v) is 5.76. The zero-order valence-corrected chi connectivity index (χ0v) is 12.9. The van der Waals surface area contributed by atoms with Crippen molar-refractivity contribution in [1.82, 2.24) is 10.6 Å². The Morgan fingerprint density at radius 3 is 2.29 bits per heavy atom. The topological polar surface area (TPSA) is 95.5 Å². The molecule has 120 valence electrons. The minimum absolute atomic E-state index is 0.106. The van der Waals surface area contributed by atoms with Crippen LogP contribution in [0.4, 0.5) is 0 Å². The highest BCUT2D eigenvalue weighted by atomic mass is 16.4. The molecule has 1 fully saturated rings. The zero-order valence-electron chi connectivity index (χ0n) is 12.9. The summed E-state index contributed by atoms with van der Waals surface area (Å²) in [5.74, 6) is -1.55. The van der Waals surface area contributed by atoms with Crippen molar-refractivity contribution in [3.05, 3.63) is 0 Å². The van der Waals surface area contributed by atoms with Crippen LogP contribution in [-0.4, -0.2) is 35.0 Å². The van der Waals surface area contributed by atoms with Crippen molar-refractivity contribution in [3.63, 3.8) is 0 Å². The first kappa shape index (κ1) is 17.5. The van der Waals surface area contributed by atoms with Crippen molar-refractivity contribution >= 4 is 17.8 Å². The molecule has 0 heterocycles. The van der Waals surface area contributed by atoms with E-state index in [0.29, 0.717) is 6.42 Å². The van der Waals surface area contributed by atoms with Gasteiger partial charge in [-0.1, -0.05) is 32.6 Å². The minimum Gasteiger partial charge on any atom is -0.480 e. The third-order valence-electron chi connectivity index (χ3n) is 3.97. The molecule has 6 heteroatoms. The van der Waals surface area contributed by atoms with Crippen LogP contribution in [0.5, 0.6) is 0 Å². The lowest BCUT2D eigenvalue weighted by atomic mass is 9.96. The highest BCUT2D eigenvalue weighted by Crippen LogP contribution is 2.28. The maximum atomic E-state index is 12.4. The molecule has 0 spiro atoms. The monoisotopic (exact) mass is 298 g/mol. The molecule has 2 amide bonds. The van der Waals surface area contributed by atoms with E-state index >= 15 is 0 Å². The van der Waals surface area contributed by atoms with Crippen molar-refractivity contribution < 1.29 is 19.5 Å². The number of amides is 2. The Hall–Kier alpha value is -1.59. The van der Waals surface area contributed by atoms with Crippen LogP contribution in [-0.2, 0) is 14.4 Å². The summed E-state index contributed by atoms with van der Waals surface area (Å²) in [7, 11) is 0. The molecular formula is C15H26N2O4. The molecule has 1 aliphatic carbocycles. The van der Waals surface area contributed by atoms with Gasteiger partial charge in [0.2, 0.25) is 11.8 Å². The highest BCUT2D eigenvalue weighted by molar-refractivity contribution is 5.90. The first-order chi connectivity index (χ1) is 9.95. The van der Waals surface area contributed by atoms with E-state index in [4.69, 9.17) is 0 Å². The first-order valence-electron chi connectivity index (χ1n) is 7.76. The largest absolute Gasteiger partial charge is 0.480 e. The third-order valence-corrected chi connectivity index (χ3v) is 3.97. The van der Waals surface area contributed by atoms with Crippen LogP contribution in [0.3, 0.4) is 0 Å². The Labute approximate surface area is 125 Å². The lowest BCUT2D eigenvalue weighted by Gasteiger charge is -2.25. The van der Waals surface area contributed by atoms with Gasteiger partial charge in [0.15, 0.2) is 0 Å². The standard InChI is InChI=1S/C15H26N2O4/c1-3-4-9-12(15(20)21)17-14(19)13(16-10(2)18)11-7-5-6-8-11/h11-13H,3-9H2,1-2H3,(H,16,18)(H,17,19)(H,20,21). The summed E-state index contributed by atoms with van der Waals surface area (Å²) in [6.07, 6.45) is 5.91. The van der Waals surface area contributed by atoms with E-state index in [0.717, 1.165) is 38.5 Å².